The van der Waals surface area contributed by atoms with Crippen molar-refractivity contribution in [3.63, 3.8) is 0 Å². The summed E-state index contributed by atoms with van der Waals surface area (Å²) in [6.07, 6.45) is 2.24. The molecule has 18 heavy (non-hydrogen) atoms. The molecule has 2 amide bonds. The summed E-state index contributed by atoms with van der Waals surface area (Å²) < 4.78 is 0. The van der Waals surface area contributed by atoms with E-state index in [1.165, 1.54) is 6.42 Å². The number of anilines is 1. The number of hydrogen-bond acceptors (Lipinski definition) is 1. The quantitative estimate of drug-likeness (QED) is 0.822. The fraction of sp³-hybridized carbons (Fsp3) is 0.462. The highest BCUT2D eigenvalue weighted by atomic mass is 35.5. The van der Waals surface area contributed by atoms with Gasteiger partial charge in [-0.15, -0.1) is 0 Å². The van der Waals surface area contributed by atoms with Crippen LogP contribution in [0.25, 0.3) is 0 Å². The van der Waals surface area contributed by atoms with Crippen LogP contribution in [0.1, 0.15) is 19.8 Å². The molecule has 1 fully saturated rings. The van der Waals surface area contributed by atoms with Gasteiger partial charge >= 0.3 is 6.03 Å². The number of rotatable bonds is 1. The van der Waals surface area contributed by atoms with Crippen LogP contribution in [0.3, 0.4) is 0 Å². The number of benzene rings is 1. The summed E-state index contributed by atoms with van der Waals surface area (Å²) in [4.78, 5) is 13.9. The van der Waals surface area contributed by atoms with E-state index in [9.17, 15) is 4.79 Å². The van der Waals surface area contributed by atoms with Crippen molar-refractivity contribution in [2.75, 3.05) is 18.4 Å². The summed E-state index contributed by atoms with van der Waals surface area (Å²) in [5.41, 5.74) is 0.601. The highest BCUT2D eigenvalue weighted by Gasteiger charge is 2.21. The van der Waals surface area contributed by atoms with Crippen LogP contribution in [-0.2, 0) is 0 Å². The van der Waals surface area contributed by atoms with Crippen LogP contribution < -0.4 is 5.32 Å². The van der Waals surface area contributed by atoms with Crippen molar-refractivity contribution in [2.24, 2.45) is 5.92 Å². The summed E-state index contributed by atoms with van der Waals surface area (Å²) in [5, 5.41) is 3.84. The zero-order chi connectivity index (χ0) is 13.1. The lowest BCUT2D eigenvalue weighted by atomic mass is 10.0. The van der Waals surface area contributed by atoms with Gasteiger partial charge in [-0.2, -0.15) is 0 Å². The highest BCUT2D eigenvalue weighted by molar-refractivity contribution is 6.36. The number of carbonyl (C=O) groups is 1. The topological polar surface area (TPSA) is 32.3 Å². The number of likely N-dealkylation sites (tertiary alicyclic amines) is 1. The first kappa shape index (κ1) is 13.5. The van der Waals surface area contributed by atoms with Crippen molar-refractivity contribution in [1.82, 2.24) is 4.90 Å². The highest BCUT2D eigenvalue weighted by Crippen LogP contribution is 2.26. The van der Waals surface area contributed by atoms with Gasteiger partial charge in [-0.1, -0.05) is 30.1 Å². The molecule has 0 unspecified atom stereocenters. The fourth-order valence-electron chi connectivity index (χ4n) is 2.16. The van der Waals surface area contributed by atoms with Crippen LogP contribution in [-0.4, -0.2) is 24.0 Å². The molecule has 1 aromatic rings. The van der Waals surface area contributed by atoms with Crippen molar-refractivity contribution in [2.45, 2.75) is 19.8 Å². The molecule has 0 radical (unpaired) electrons. The first-order valence-electron chi connectivity index (χ1n) is 6.07. The predicted molar refractivity (Wildman–Crippen MR) is 75.5 cm³/mol. The molecule has 3 nitrogen and oxygen atoms in total. The minimum Gasteiger partial charge on any atom is -0.324 e. The van der Waals surface area contributed by atoms with E-state index in [4.69, 9.17) is 23.2 Å². The molecule has 0 saturated carbocycles. The van der Waals surface area contributed by atoms with Crippen molar-refractivity contribution in [3.05, 3.63) is 28.2 Å². The van der Waals surface area contributed by atoms with Gasteiger partial charge < -0.3 is 10.2 Å². The second-order valence-corrected chi connectivity index (χ2v) is 5.59. The number of carbonyl (C=O) groups excluding carboxylic acids is 1. The number of hydrogen-bond donors (Lipinski definition) is 1. The van der Waals surface area contributed by atoms with E-state index in [0.717, 1.165) is 19.5 Å². The van der Waals surface area contributed by atoms with Crippen LogP contribution in [0, 0.1) is 5.92 Å². The number of halogens is 2. The minimum atomic E-state index is -0.0919. The summed E-state index contributed by atoms with van der Waals surface area (Å²) in [6, 6.07) is 4.96. The summed E-state index contributed by atoms with van der Waals surface area (Å²) in [5.74, 6) is 0.560. The molecule has 0 aromatic heterocycles. The maximum absolute atomic E-state index is 12.1. The lowest BCUT2D eigenvalue weighted by molar-refractivity contribution is 0.182. The van der Waals surface area contributed by atoms with Gasteiger partial charge in [0.05, 0.1) is 10.7 Å². The molecule has 0 spiro atoms. The van der Waals surface area contributed by atoms with E-state index in [-0.39, 0.29) is 6.03 Å². The first-order chi connectivity index (χ1) is 8.56. The number of amides is 2. The van der Waals surface area contributed by atoms with Gasteiger partial charge in [-0.25, -0.2) is 4.79 Å². The Bertz CT molecular complexity index is 451. The van der Waals surface area contributed by atoms with Gasteiger partial charge in [0.25, 0.3) is 0 Å². The Labute approximate surface area is 117 Å². The lowest BCUT2D eigenvalue weighted by Gasteiger charge is -2.31. The summed E-state index contributed by atoms with van der Waals surface area (Å²) in [6.45, 7) is 3.77. The van der Waals surface area contributed by atoms with Crippen molar-refractivity contribution < 1.29 is 4.79 Å². The minimum absolute atomic E-state index is 0.0919. The molecule has 1 heterocycles. The van der Waals surface area contributed by atoms with Crippen LogP contribution in [0.15, 0.2) is 18.2 Å². The SMILES string of the molecule is C[C@@H]1CCCN(C(=O)Nc2ccc(Cl)cc2Cl)C1. The zero-order valence-electron chi connectivity index (χ0n) is 10.2. The van der Waals surface area contributed by atoms with Gasteiger partial charge in [0.1, 0.15) is 0 Å². The Morgan fingerprint density at radius 3 is 2.89 bits per heavy atom. The smallest absolute Gasteiger partial charge is 0.321 e. The van der Waals surface area contributed by atoms with Crippen molar-refractivity contribution in [3.8, 4) is 0 Å². The van der Waals surface area contributed by atoms with Crippen LogP contribution in [0.5, 0.6) is 0 Å². The van der Waals surface area contributed by atoms with E-state index in [2.05, 4.69) is 12.2 Å². The maximum Gasteiger partial charge on any atom is 0.321 e. The van der Waals surface area contributed by atoms with Gasteiger partial charge in [0.2, 0.25) is 0 Å². The molecule has 1 aliphatic rings. The third-order valence-electron chi connectivity index (χ3n) is 3.12. The zero-order valence-corrected chi connectivity index (χ0v) is 11.8. The predicted octanol–water partition coefficient (Wildman–Crippen LogP) is 4.26. The standard InChI is InChI=1S/C13H16Cl2N2O/c1-9-3-2-6-17(8-9)13(18)16-12-5-4-10(14)7-11(12)15/h4-5,7,9H,2-3,6,8H2,1H3,(H,16,18)/t9-/m1/s1. The largest absolute Gasteiger partial charge is 0.324 e. The van der Waals surface area contributed by atoms with Gasteiger partial charge in [0, 0.05) is 18.1 Å². The van der Waals surface area contributed by atoms with E-state index < -0.39 is 0 Å². The first-order valence-corrected chi connectivity index (χ1v) is 6.83. The monoisotopic (exact) mass is 286 g/mol. The summed E-state index contributed by atoms with van der Waals surface area (Å²) >= 11 is 11.8. The normalized spacial score (nSPS) is 19.7. The molecule has 1 saturated heterocycles. The van der Waals surface area contributed by atoms with Crippen molar-refractivity contribution >= 4 is 34.9 Å². The molecule has 5 heteroatoms. The Balaban J connectivity index is 2.02. The van der Waals surface area contributed by atoms with Crippen molar-refractivity contribution in [1.29, 1.82) is 0 Å². The Morgan fingerprint density at radius 1 is 1.44 bits per heavy atom. The lowest BCUT2D eigenvalue weighted by Crippen LogP contribution is -2.41. The molecule has 98 valence electrons. The fourth-order valence-corrected chi connectivity index (χ4v) is 2.61. The van der Waals surface area contributed by atoms with Crippen LogP contribution in [0.2, 0.25) is 10.0 Å². The second-order valence-electron chi connectivity index (χ2n) is 4.75. The average molecular weight is 287 g/mol. The van der Waals surface area contributed by atoms with E-state index in [1.54, 1.807) is 18.2 Å². The number of nitrogens with zero attached hydrogens (tertiary/aromatic N) is 1. The number of urea groups is 1. The number of nitrogens with one attached hydrogen (secondary N) is 1. The van der Waals surface area contributed by atoms with E-state index in [1.807, 2.05) is 4.90 Å². The Hall–Kier alpha value is -0.930. The van der Waals surface area contributed by atoms with Crippen LogP contribution >= 0.6 is 23.2 Å². The van der Waals surface area contributed by atoms with Gasteiger partial charge in [-0.3, -0.25) is 0 Å². The maximum atomic E-state index is 12.1. The molecule has 1 N–H and O–H groups in total. The molecule has 0 aliphatic carbocycles. The van der Waals surface area contributed by atoms with Gasteiger partial charge in [0.15, 0.2) is 0 Å². The third kappa shape index (κ3) is 3.30. The van der Waals surface area contributed by atoms with E-state index >= 15 is 0 Å². The molecular weight excluding hydrogens is 271 g/mol. The molecule has 0 bridgehead atoms. The molecule has 1 aliphatic heterocycles. The summed E-state index contributed by atoms with van der Waals surface area (Å²) in [7, 11) is 0. The van der Waals surface area contributed by atoms with Gasteiger partial charge in [-0.05, 0) is 37.0 Å². The molecule has 1 atom stereocenters. The Morgan fingerprint density at radius 2 is 2.22 bits per heavy atom. The third-order valence-corrected chi connectivity index (χ3v) is 3.66. The molecule has 1 aromatic carbocycles. The van der Waals surface area contributed by atoms with Crippen LogP contribution in [0.4, 0.5) is 10.5 Å². The second kappa shape index (κ2) is 5.81. The molecular formula is C13H16Cl2N2O. The average Bonchev–Trinajstić information content (AvgIpc) is 2.32. The van der Waals surface area contributed by atoms with E-state index in [0.29, 0.717) is 21.7 Å². The number of piperidine rings is 1. The Kier molecular flexibility index (Phi) is 4.36. The molecule has 2 rings (SSSR count).